The molecule has 1 aliphatic rings. The van der Waals surface area contributed by atoms with E-state index in [-0.39, 0.29) is 24.2 Å². The summed E-state index contributed by atoms with van der Waals surface area (Å²) in [4.78, 5) is 51.0. The van der Waals surface area contributed by atoms with Crippen LogP contribution in [0.3, 0.4) is 0 Å². The summed E-state index contributed by atoms with van der Waals surface area (Å²) in [5.74, 6) is 3.36. The third-order valence-electron chi connectivity index (χ3n) is 5.99. The van der Waals surface area contributed by atoms with Crippen LogP contribution in [0.15, 0.2) is 38.6 Å². The Hall–Kier alpha value is -3.63. The molecule has 2 aromatic heterocycles. The van der Waals surface area contributed by atoms with Crippen LogP contribution in [0, 0.1) is 17.3 Å². The number of unbranched alkanes of at least 4 members (excludes halogenated alkanes) is 2. The van der Waals surface area contributed by atoms with Gasteiger partial charge in [0.25, 0.3) is 5.56 Å². The molecule has 0 radical (unpaired) electrons. The first-order valence-corrected chi connectivity index (χ1v) is 12.7. The van der Waals surface area contributed by atoms with Gasteiger partial charge in [0.15, 0.2) is 5.76 Å². The minimum absolute atomic E-state index is 0.0344. The summed E-state index contributed by atoms with van der Waals surface area (Å²) < 4.78 is 63.6. The second-order valence-electron chi connectivity index (χ2n) is 10.2. The molecule has 0 bridgehead atoms. The van der Waals surface area contributed by atoms with Gasteiger partial charge in [-0.1, -0.05) is 19.3 Å². The highest BCUT2D eigenvalue weighted by Gasteiger charge is 2.42. The Kier molecular flexibility index (Phi) is 9.81. The van der Waals surface area contributed by atoms with Crippen molar-refractivity contribution in [2.45, 2.75) is 78.0 Å². The van der Waals surface area contributed by atoms with Gasteiger partial charge in [0.2, 0.25) is 0 Å². The van der Waals surface area contributed by atoms with E-state index in [9.17, 15) is 32.3 Å². The molecule has 1 fully saturated rings. The quantitative estimate of drug-likeness (QED) is 0.268. The zero-order valence-electron chi connectivity index (χ0n) is 22.6. The second-order valence-corrected chi connectivity index (χ2v) is 10.2. The van der Waals surface area contributed by atoms with Crippen molar-refractivity contribution in [2.24, 2.45) is 5.41 Å². The smallest absolute Gasteiger partial charge is 0.423 e. The molecule has 0 unspecified atom stereocenters. The Bertz CT molecular complexity index is 1370. The van der Waals surface area contributed by atoms with E-state index in [2.05, 4.69) is 11.8 Å². The monoisotopic (exact) mass is 568 g/mol. The number of furan rings is 1. The van der Waals surface area contributed by atoms with E-state index in [4.69, 9.17) is 18.6 Å². The average molecular weight is 569 g/mol. The number of carbonyl (C=O) groups is 2. The molecule has 2 aromatic rings. The molecule has 0 amide bonds. The number of halogens is 3. The molecule has 13 heteroatoms. The number of aromatic nitrogens is 2. The van der Waals surface area contributed by atoms with Gasteiger partial charge >= 0.3 is 23.7 Å². The van der Waals surface area contributed by atoms with E-state index in [0.29, 0.717) is 17.2 Å². The lowest BCUT2D eigenvalue weighted by atomic mass is 9.97. The Morgan fingerprint density at radius 2 is 1.90 bits per heavy atom. The van der Waals surface area contributed by atoms with Crippen molar-refractivity contribution in [3.63, 3.8) is 0 Å². The van der Waals surface area contributed by atoms with Crippen LogP contribution >= 0.6 is 0 Å². The summed E-state index contributed by atoms with van der Waals surface area (Å²) in [5, 5.41) is 0. The normalized spacial score (nSPS) is 19.2. The molecule has 1 aliphatic heterocycles. The standard InChI is InChI=1S/C27H31F3N2O8/c1-5-6-7-8-9-12-38-19-14-21(40-20(19)16-39-24(35)26(2,3)4)31-15-17(27(28,29)30)22(33)32(25(31)36)23(34)18-11-10-13-37-18/h10-11,13,15,19-21H,5-7,12,14,16H2,1-4H3/t19-,20+,21+/m0/s1. The van der Waals surface area contributed by atoms with Gasteiger partial charge in [-0.2, -0.15) is 17.7 Å². The number of rotatable bonds is 8. The fraction of sp³-hybridized carbons (Fsp3) is 0.556. The van der Waals surface area contributed by atoms with Crippen LogP contribution in [0.2, 0.25) is 0 Å². The summed E-state index contributed by atoms with van der Waals surface area (Å²) in [6.07, 6.45) is -4.62. The average Bonchev–Trinajstić information content (AvgIpc) is 3.54. The first-order valence-electron chi connectivity index (χ1n) is 12.7. The van der Waals surface area contributed by atoms with Crippen LogP contribution in [0.4, 0.5) is 13.2 Å². The van der Waals surface area contributed by atoms with Crippen LogP contribution in [-0.4, -0.2) is 46.4 Å². The van der Waals surface area contributed by atoms with Crippen molar-refractivity contribution >= 4 is 11.9 Å². The van der Waals surface area contributed by atoms with Gasteiger partial charge in [0.1, 0.15) is 31.1 Å². The summed E-state index contributed by atoms with van der Waals surface area (Å²) in [6, 6.07) is 2.39. The van der Waals surface area contributed by atoms with Crippen LogP contribution in [0.1, 0.15) is 75.7 Å². The molecule has 218 valence electrons. The van der Waals surface area contributed by atoms with Gasteiger partial charge < -0.3 is 18.6 Å². The van der Waals surface area contributed by atoms with E-state index >= 15 is 0 Å². The number of nitrogens with zero attached hydrogens (tertiary/aromatic N) is 2. The van der Waals surface area contributed by atoms with E-state index in [1.807, 2.05) is 6.92 Å². The number of hydrogen-bond donors (Lipinski definition) is 0. The molecule has 3 heterocycles. The van der Waals surface area contributed by atoms with Gasteiger partial charge in [-0.25, -0.2) is 4.79 Å². The van der Waals surface area contributed by atoms with Crippen molar-refractivity contribution in [3.8, 4) is 11.8 Å². The lowest BCUT2D eigenvalue weighted by molar-refractivity contribution is -0.160. The van der Waals surface area contributed by atoms with Gasteiger partial charge in [0, 0.05) is 19.0 Å². The summed E-state index contributed by atoms with van der Waals surface area (Å²) in [6.45, 7) is 6.61. The predicted molar refractivity (Wildman–Crippen MR) is 134 cm³/mol. The third kappa shape index (κ3) is 7.31. The van der Waals surface area contributed by atoms with Gasteiger partial charge in [-0.15, -0.1) is 5.92 Å². The van der Waals surface area contributed by atoms with Crippen LogP contribution in [-0.2, 0) is 25.2 Å². The van der Waals surface area contributed by atoms with Crippen LogP contribution in [0.25, 0.3) is 0 Å². The zero-order chi connectivity index (χ0) is 29.7. The second kappa shape index (κ2) is 12.7. The highest BCUT2D eigenvalue weighted by molar-refractivity contribution is 5.93. The zero-order valence-corrected chi connectivity index (χ0v) is 22.6. The van der Waals surface area contributed by atoms with Crippen LogP contribution < -0.4 is 11.2 Å². The number of hydrogen-bond acceptors (Lipinski definition) is 8. The molecule has 40 heavy (non-hydrogen) atoms. The fourth-order valence-corrected chi connectivity index (χ4v) is 3.79. The molecule has 3 atom stereocenters. The Morgan fingerprint density at radius 3 is 2.50 bits per heavy atom. The lowest BCUT2D eigenvalue weighted by Gasteiger charge is -2.22. The summed E-state index contributed by atoms with van der Waals surface area (Å²) in [5.41, 5.74) is -5.80. The molecule has 0 N–H and O–H groups in total. The lowest BCUT2D eigenvalue weighted by Crippen LogP contribution is -2.47. The molecular formula is C27H31F3N2O8. The number of ether oxygens (including phenoxy) is 3. The van der Waals surface area contributed by atoms with Crippen molar-refractivity contribution in [2.75, 3.05) is 13.2 Å². The Labute approximate surface area is 228 Å². The minimum Gasteiger partial charge on any atom is -0.462 e. The maximum absolute atomic E-state index is 13.8. The van der Waals surface area contributed by atoms with Crippen molar-refractivity contribution in [3.05, 3.63) is 56.8 Å². The van der Waals surface area contributed by atoms with Gasteiger partial charge in [-0.3, -0.25) is 19.0 Å². The minimum atomic E-state index is -5.19. The maximum atomic E-state index is 13.8. The Balaban J connectivity index is 1.97. The van der Waals surface area contributed by atoms with E-state index in [1.165, 1.54) is 6.07 Å². The molecule has 0 aromatic carbocycles. The molecule has 10 nitrogen and oxygen atoms in total. The molecule has 0 spiro atoms. The molecule has 1 saturated heterocycles. The molecule has 0 saturated carbocycles. The maximum Gasteiger partial charge on any atom is 0.423 e. The Morgan fingerprint density at radius 1 is 1.18 bits per heavy atom. The number of carbonyl (C=O) groups excluding carboxylic acids is 2. The summed E-state index contributed by atoms with van der Waals surface area (Å²) >= 11 is 0. The SMILES string of the molecule is CCCCC#CCO[C@H]1C[C@H](n2cc(C(F)(F)F)c(=O)n(C(=O)c3ccco3)c2=O)O[C@@H]1COC(=O)C(C)(C)C. The first-order chi connectivity index (χ1) is 18.8. The third-order valence-corrected chi connectivity index (χ3v) is 5.99. The van der Waals surface area contributed by atoms with E-state index in [1.54, 1.807) is 20.8 Å². The largest absolute Gasteiger partial charge is 0.462 e. The molecule has 0 aliphatic carbocycles. The van der Waals surface area contributed by atoms with E-state index < -0.39 is 64.5 Å². The van der Waals surface area contributed by atoms with Gasteiger partial charge in [0.05, 0.1) is 17.8 Å². The van der Waals surface area contributed by atoms with Crippen molar-refractivity contribution < 1.29 is 41.4 Å². The van der Waals surface area contributed by atoms with Crippen LogP contribution in [0.5, 0.6) is 0 Å². The van der Waals surface area contributed by atoms with Crippen molar-refractivity contribution in [1.82, 2.24) is 9.13 Å². The highest BCUT2D eigenvalue weighted by Crippen LogP contribution is 2.32. The fourth-order valence-electron chi connectivity index (χ4n) is 3.79. The molecule has 3 rings (SSSR count). The number of alkyl halides is 3. The summed E-state index contributed by atoms with van der Waals surface area (Å²) in [7, 11) is 0. The number of esters is 1. The predicted octanol–water partition coefficient (Wildman–Crippen LogP) is 3.77. The van der Waals surface area contributed by atoms with Crippen molar-refractivity contribution in [1.29, 1.82) is 0 Å². The topological polar surface area (TPSA) is 119 Å². The molecular weight excluding hydrogens is 537 g/mol. The highest BCUT2D eigenvalue weighted by atomic mass is 19.4. The van der Waals surface area contributed by atoms with Gasteiger partial charge in [-0.05, 0) is 39.3 Å². The first kappa shape index (κ1) is 30.9. The van der Waals surface area contributed by atoms with E-state index in [0.717, 1.165) is 25.2 Å².